The monoisotopic (exact) mass is 292 g/mol. The van der Waals surface area contributed by atoms with Crippen molar-refractivity contribution in [2.24, 2.45) is 11.5 Å². The topological polar surface area (TPSA) is 69.9 Å². The molecule has 1 aromatic carbocycles. The van der Waals surface area contributed by atoms with Crippen LogP contribution in [0.5, 0.6) is 0 Å². The summed E-state index contributed by atoms with van der Waals surface area (Å²) in [6, 6.07) is 6.80. The molecule has 16 heavy (non-hydrogen) atoms. The normalized spacial score (nSPS) is 9.94. The number of para-hydroxylation sites is 2. The van der Waals surface area contributed by atoms with E-state index in [1.165, 1.54) is 0 Å². The van der Waals surface area contributed by atoms with Crippen molar-refractivity contribution in [3.63, 3.8) is 0 Å². The zero-order valence-electron chi connectivity index (χ0n) is 8.18. The average molecular weight is 291 g/mol. The Morgan fingerprint density at radius 1 is 1.31 bits per heavy atom. The third-order valence-electron chi connectivity index (χ3n) is 1.69. The summed E-state index contributed by atoms with van der Waals surface area (Å²) in [4.78, 5) is 3.82. The van der Waals surface area contributed by atoms with Gasteiger partial charge in [0.05, 0.1) is 11.0 Å². The SMILES string of the molecule is FC(F)n1cnc2ccccc21.NC(N)=[Se]. The van der Waals surface area contributed by atoms with Crippen molar-refractivity contribution >= 4 is 31.3 Å². The van der Waals surface area contributed by atoms with Gasteiger partial charge in [-0.1, -0.05) is 12.1 Å². The Hall–Kier alpha value is -1.46. The van der Waals surface area contributed by atoms with Gasteiger partial charge >= 0.3 is 38.3 Å². The molecular formula is C9H10F2N4Se. The van der Waals surface area contributed by atoms with Crippen molar-refractivity contribution in [2.75, 3.05) is 0 Å². The first-order chi connectivity index (χ1) is 7.52. The van der Waals surface area contributed by atoms with E-state index in [4.69, 9.17) is 11.5 Å². The van der Waals surface area contributed by atoms with Crippen molar-refractivity contribution in [1.29, 1.82) is 0 Å². The summed E-state index contributed by atoms with van der Waals surface area (Å²) in [7, 11) is 0. The summed E-state index contributed by atoms with van der Waals surface area (Å²) in [5.74, 6) is 0. The van der Waals surface area contributed by atoms with Crippen LogP contribution in [0.25, 0.3) is 11.0 Å². The van der Waals surface area contributed by atoms with E-state index in [2.05, 4.69) is 20.6 Å². The van der Waals surface area contributed by atoms with Crippen LogP contribution in [-0.2, 0) is 0 Å². The number of nitrogens with zero attached hydrogens (tertiary/aromatic N) is 2. The maximum absolute atomic E-state index is 12.3. The molecule has 0 bridgehead atoms. The molecule has 0 radical (unpaired) electrons. The fraction of sp³-hybridized carbons (Fsp3) is 0.111. The van der Waals surface area contributed by atoms with Crippen LogP contribution in [-0.4, -0.2) is 29.8 Å². The van der Waals surface area contributed by atoms with Gasteiger partial charge in [-0.05, 0) is 12.1 Å². The second-order valence-electron chi connectivity index (χ2n) is 2.82. The second-order valence-corrected chi connectivity index (χ2v) is 3.81. The molecule has 0 saturated carbocycles. The predicted octanol–water partition coefficient (Wildman–Crippen LogP) is 0.591. The van der Waals surface area contributed by atoms with Crippen LogP contribution in [0.2, 0.25) is 0 Å². The van der Waals surface area contributed by atoms with E-state index in [1.54, 1.807) is 24.3 Å². The summed E-state index contributed by atoms with van der Waals surface area (Å²) < 4.78 is 25.6. The molecule has 0 amide bonds. The molecule has 4 nitrogen and oxygen atoms in total. The number of rotatable bonds is 1. The Kier molecular flexibility index (Phi) is 4.39. The van der Waals surface area contributed by atoms with Crippen LogP contribution in [0.3, 0.4) is 0 Å². The van der Waals surface area contributed by atoms with Gasteiger partial charge in [0.2, 0.25) is 0 Å². The summed E-state index contributed by atoms with van der Waals surface area (Å²) in [6.07, 6.45) is 1.15. The molecule has 0 aliphatic heterocycles. The number of benzene rings is 1. The molecule has 2 aromatic rings. The molecule has 1 aromatic heterocycles. The van der Waals surface area contributed by atoms with Crippen LogP contribution in [0.1, 0.15) is 6.55 Å². The minimum atomic E-state index is -2.52. The van der Waals surface area contributed by atoms with Gasteiger partial charge < -0.3 is 0 Å². The number of imidazole rings is 1. The van der Waals surface area contributed by atoms with E-state index < -0.39 is 6.55 Å². The predicted molar refractivity (Wildman–Crippen MR) is 60.1 cm³/mol. The van der Waals surface area contributed by atoms with E-state index in [1.807, 2.05) is 0 Å². The summed E-state index contributed by atoms with van der Waals surface area (Å²) in [5, 5.41) is 0. The molecule has 7 heteroatoms. The Morgan fingerprint density at radius 2 is 1.88 bits per heavy atom. The molecule has 0 atom stereocenters. The van der Waals surface area contributed by atoms with Crippen molar-refractivity contribution < 1.29 is 8.78 Å². The van der Waals surface area contributed by atoms with Gasteiger partial charge in [0.15, 0.2) is 0 Å². The first-order valence-corrected chi connectivity index (χ1v) is 5.12. The van der Waals surface area contributed by atoms with Crippen molar-refractivity contribution in [3.05, 3.63) is 30.6 Å². The molecule has 4 N–H and O–H groups in total. The Balaban J connectivity index is 0.000000280. The van der Waals surface area contributed by atoms with Crippen LogP contribution in [0.15, 0.2) is 30.6 Å². The first-order valence-electron chi connectivity index (χ1n) is 4.27. The zero-order chi connectivity index (χ0) is 12.1. The van der Waals surface area contributed by atoms with Crippen molar-refractivity contribution in [1.82, 2.24) is 9.55 Å². The summed E-state index contributed by atoms with van der Waals surface area (Å²) in [6.45, 7) is -2.52. The molecule has 0 aliphatic carbocycles. The first kappa shape index (κ1) is 12.6. The minimum absolute atomic E-state index is 0.292. The van der Waals surface area contributed by atoms with Gasteiger partial charge in [-0.3, -0.25) is 4.57 Å². The molecular weight excluding hydrogens is 281 g/mol. The number of fused-ring (bicyclic) bond motifs is 1. The number of aromatic nitrogens is 2. The number of alkyl halides is 2. The van der Waals surface area contributed by atoms with E-state index >= 15 is 0 Å². The van der Waals surface area contributed by atoms with Gasteiger partial charge in [-0.2, -0.15) is 8.78 Å². The third-order valence-corrected chi connectivity index (χ3v) is 1.69. The molecule has 1 heterocycles. The average Bonchev–Trinajstić information content (AvgIpc) is 2.59. The second kappa shape index (κ2) is 5.58. The van der Waals surface area contributed by atoms with Crippen LogP contribution in [0, 0.1) is 0 Å². The molecule has 0 unspecified atom stereocenters. The van der Waals surface area contributed by atoms with E-state index in [0.29, 0.717) is 15.7 Å². The number of nitrogens with two attached hydrogens (primary N) is 2. The number of hydrogen-bond donors (Lipinski definition) is 2. The molecule has 0 aliphatic rings. The van der Waals surface area contributed by atoms with Crippen LogP contribution >= 0.6 is 0 Å². The fourth-order valence-corrected chi connectivity index (χ4v) is 1.13. The van der Waals surface area contributed by atoms with Crippen LogP contribution in [0.4, 0.5) is 8.78 Å². The number of hydrogen-bond acceptors (Lipinski definition) is 3. The standard InChI is InChI=1S/C8H6F2N2.CH4N2Se/c9-8(10)12-5-11-6-3-1-2-4-7(6)12;2-1(3)4/h1-5,8H;(H4,2,3,4). The van der Waals surface area contributed by atoms with E-state index in [0.717, 1.165) is 10.9 Å². The molecule has 0 spiro atoms. The van der Waals surface area contributed by atoms with Crippen molar-refractivity contribution in [2.45, 2.75) is 6.55 Å². The van der Waals surface area contributed by atoms with Gasteiger partial charge in [0.25, 0.3) is 0 Å². The van der Waals surface area contributed by atoms with Gasteiger partial charge in [-0.25, -0.2) is 4.98 Å². The quantitative estimate of drug-likeness (QED) is 0.756. The zero-order valence-corrected chi connectivity index (χ0v) is 9.89. The summed E-state index contributed by atoms with van der Waals surface area (Å²) >= 11 is 2.38. The van der Waals surface area contributed by atoms with E-state index in [-0.39, 0.29) is 0 Å². The van der Waals surface area contributed by atoms with Gasteiger partial charge in [0, 0.05) is 0 Å². The molecule has 2 rings (SSSR count). The van der Waals surface area contributed by atoms with Gasteiger partial charge in [0.1, 0.15) is 6.33 Å². The fourth-order valence-electron chi connectivity index (χ4n) is 1.13. The van der Waals surface area contributed by atoms with Crippen LogP contribution < -0.4 is 11.5 Å². The maximum atomic E-state index is 12.3. The van der Waals surface area contributed by atoms with E-state index in [9.17, 15) is 8.78 Å². The molecule has 86 valence electrons. The molecule has 0 fully saturated rings. The third kappa shape index (κ3) is 3.29. The Bertz CT molecular complexity index is 479. The summed E-state index contributed by atoms with van der Waals surface area (Å²) in [5.41, 5.74) is 10.6. The number of halogens is 2. The molecule has 0 saturated heterocycles. The Labute approximate surface area is 98.6 Å². The van der Waals surface area contributed by atoms with Gasteiger partial charge in [-0.15, -0.1) is 0 Å². The Morgan fingerprint density at radius 3 is 2.44 bits per heavy atom. The van der Waals surface area contributed by atoms with Crippen molar-refractivity contribution in [3.8, 4) is 0 Å².